The molecule has 0 unspecified atom stereocenters. The molecule has 0 aliphatic carbocycles. The van der Waals surface area contributed by atoms with E-state index in [1.165, 1.54) is 12.1 Å². The zero-order chi connectivity index (χ0) is 18.8. The van der Waals surface area contributed by atoms with Crippen LogP contribution in [0, 0.1) is 5.82 Å². The molecule has 1 aromatic heterocycles. The van der Waals surface area contributed by atoms with Crippen LogP contribution in [0.15, 0.2) is 66.7 Å². The third-order valence-corrected chi connectivity index (χ3v) is 4.41. The average Bonchev–Trinajstić information content (AvgIpc) is 2.97. The lowest BCUT2D eigenvalue weighted by molar-refractivity contribution is 0.101. The molecule has 0 amide bonds. The SMILES string of the molecule is O=C1C(=Cc2ccncc2)Oc2cc(OCc3ccc(F)cc3Cl)ccc21. The van der Waals surface area contributed by atoms with Crippen molar-refractivity contribution >= 4 is 23.5 Å². The molecule has 3 aromatic rings. The van der Waals surface area contributed by atoms with Gasteiger partial charge in [0.05, 0.1) is 10.6 Å². The maximum atomic E-state index is 13.1. The van der Waals surface area contributed by atoms with Gasteiger partial charge in [-0.2, -0.15) is 0 Å². The van der Waals surface area contributed by atoms with Crippen LogP contribution in [-0.2, 0) is 6.61 Å². The molecule has 2 heterocycles. The second kappa shape index (κ2) is 7.21. The number of Topliss-reactive ketones (excluding diaryl/α,β-unsaturated/α-hetero) is 1. The molecule has 6 heteroatoms. The molecular weight excluding hydrogens is 369 g/mol. The summed E-state index contributed by atoms with van der Waals surface area (Å²) in [5.41, 5.74) is 1.96. The molecule has 0 saturated heterocycles. The van der Waals surface area contributed by atoms with E-state index in [9.17, 15) is 9.18 Å². The highest BCUT2D eigenvalue weighted by Gasteiger charge is 2.27. The minimum absolute atomic E-state index is 0.172. The van der Waals surface area contributed by atoms with Gasteiger partial charge in [0.25, 0.3) is 0 Å². The third-order valence-electron chi connectivity index (χ3n) is 4.05. The van der Waals surface area contributed by atoms with Crippen molar-refractivity contribution in [3.63, 3.8) is 0 Å². The van der Waals surface area contributed by atoms with Gasteiger partial charge in [0.2, 0.25) is 5.78 Å². The van der Waals surface area contributed by atoms with Gasteiger partial charge in [-0.15, -0.1) is 0 Å². The summed E-state index contributed by atoms with van der Waals surface area (Å²) in [5.74, 6) is 0.613. The first-order valence-electron chi connectivity index (χ1n) is 8.15. The fourth-order valence-corrected chi connectivity index (χ4v) is 2.89. The molecule has 4 nitrogen and oxygen atoms in total. The van der Waals surface area contributed by atoms with Crippen LogP contribution in [0.2, 0.25) is 5.02 Å². The topological polar surface area (TPSA) is 48.4 Å². The van der Waals surface area contributed by atoms with Crippen LogP contribution >= 0.6 is 11.6 Å². The highest BCUT2D eigenvalue weighted by molar-refractivity contribution is 6.31. The van der Waals surface area contributed by atoms with Gasteiger partial charge in [-0.25, -0.2) is 4.39 Å². The number of ketones is 1. The molecule has 0 spiro atoms. The largest absolute Gasteiger partial charge is 0.489 e. The Bertz CT molecular complexity index is 1050. The Morgan fingerprint density at radius 2 is 1.93 bits per heavy atom. The van der Waals surface area contributed by atoms with E-state index in [1.54, 1.807) is 54.9 Å². The van der Waals surface area contributed by atoms with Crippen LogP contribution in [0.25, 0.3) is 6.08 Å². The standard InChI is InChI=1S/C21H13ClFNO3/c22-18-10-15(23)2-1-14(18)12-26-16-3-4-17-19(11-16)27-20(21(17)25)9-13-5-7-24-8-6-13/h1-11H,12H2. The molecule has 0 saturated carbocycles. The quantitative estimate of drug-likeness (QED) is 0.592. The normalized spacial score (nSPS) is 14.1. The number of hydrogen-bond donors (Lipinski definition) is 0. The molecule has 134 valence electrons. The fraction of sp³-hybridized carbons (Fsp3) is 0.0476. The number of pyridine rings is 1. The average molecular weight is 382 g/mol. The van der Waals surface area contributed by atoms with Crippen molar-refractivity contribution in [2.24, 2.45) is 0 Å². The van der Waals surface area contributed by atoms with Crippen molar-refractivity contribution in [2.75, 3.05) is 0 Å². The van der Waals surface area contributed by atoms with Crippen LogP contribution in [-0.4, -0.2) is 10.8 Å². The minimum Gasteiger partial charge on any atom is -0.489 e. The number of fused-ring (bicyclic) bond motifs is 1. The number of carbonyl (C=O) groups is 1. The Kier molecular flexibility index (Phi) is 4.60. The van der Waals surface area contributed by atoms with E-state index in [4.69, 9.17) is 21.1 Å². The number of rotatable bonds is 4. The number of benzene rings is 2. The Hall–Kier alpha value is -3.18. The van der Waals surface area contributed by atoms with E-state index >= 15 is 0 Å². The molecule has 0 fully saturated rings. The van der Waals surface area contributed by atoms with Crippen molar-refractivity contribution in [1.82, 2.24) is 4.98 Å². The predicted molar refractivity (Wildman–Crippen MR) is 99.4 cm³/mol. The molecule has 1 aliphatic rings. The van der Waals surface area contributed by atoms with Gasteiger partial charge in [-0.05, 0) is 48.0 Å². The van der Waals surface area contributed by atoms with Crippen molar-refractivity contribution in [1.29, 1.82) is 0 Å². The number of nitrogens with zero attached hydrogens (tertiary/aromatic N) is 1. The lowest BCUT2D eigenvalue weighted by Crippen LogP contribution is -1.98. The number of aromatic nitrogens is 1. The van der Waals surface area contributed by atoms with Crippen molar-refractivity contribution in [2.45, 2.75) is 6.61 Å². The van der Waals surface area contributed by atoms with Gasteiger partial charge in [0.1, 0.15) is 23.9 Å². The maximum Gasteiger partial charge on any atom is 0.231 e. The summed E-state index contributed by atoms with van der Waals surface area (Å²) in [5, 5.41) is 0.296. The van der Waals surface area contributed by atoms with Crippen LogP contribution in [0.1, 0.15) is 21.5 Å². The summed E-state index contributed by atoms with van der Waals surface area (Å²) in [4.78, 5) is 16.4. The van der Waals surface area contributed by atoms with Gasteiger partial charge >= 0.3 is 0 Å². The lowest BCUT2D eigenvalue weighted by Gasteiger charge is -2.08. The summed E-state index contributed by atoms with van der Waals surface area (Å²) in [6, 6.07) is 12.7. The molecule has 0 atom stereocenters. The Morgan fingerprint density at radius 3 is 2.70 bits per heavy atom. The number of allylic oxidation sites excluding steroid dienone is 1. The van der Waals surface area contributed by atoms with E-state index in [2.05, 4.69) is 4.98 Å². The molecule has 4 rings (SSSR count). The Morgan fingerprint density at radius 1 is 1.11 bits per heavy atom. The van der Waals surface area contributed by atoms with Crippen LogP contribution in [0.3, 0.4) is 0 Å². The summed E-state index contributed by atoms with van der Waals surface area (Å²) < 4.78 is 24.5. The number of carbonyl (C=O) groups excluding carboxylic acids is 1. The van der Waals surface area contributed by atoms with Gasteiger partial charge in [0, 0.05) is 24.0 Å². The van der Waals surface area contributed by atoms with Gasteiger partial charge in [-0.1, -0.05) is 17.7 Å². The van der Waals surface area contributed by atoms with E-state index in [-0.39, 0.29) is 18.1 Å². The summed E-state index contributed by atoms with van der Waals surface area (Å²) in [6.07, 6.45) is 4.96. The predicted octanol–water partition coefficient (Wildman–Crippen LogP) is 5.07. The van der Waals surface area contributed by atoms with Gasteiger partial charge in [0.15, 0.2) is 5.76 Å². The highest BCUT2D eigenvalue weighted by atomic mass is 35.5. The number of ether oxygens (including phenoxy) is 2. The number of halogens is 2. The van der Waals surface area contributed by atoms with Crippen molar-refractivity contribution < 1.29 is 18.7 Å². The fourth-order valence-electron chi connectivity index (χ4n) is 2.67. The smallest absolute Gasteiger partial charge is 0.231 e. The first kappa shape index (κ1) is 17.2. The summed E-state index contributed by atoms with van der Waals surface area (Å²) >= 11 is 6.00. The van der Waals surface area contributed by atoms with Gasteiger partial charge in [-0.3, -0.25) is 9.78 Å². The second-order valence-corrected chi connectivity index (χ2v) is 6.31. The first-order valence-corrected chi connectivity index (χ1v) is 8.53. The zero-order valence-electron chi connectivity index (χ0n) is 14.0. The molecule has 0 N–H and O–H groups in total. The third kappa shape index (κ3) is 3.68. The summed E-state index contributed by atoms with van der Waals surface area (Å²) in [7, 11) is 0. The van der Waals surface area contributed by atoms with Crippen LogP contribution < -0.4 is 9.47 Å². The Labute approximate surface area is 159 Å². The zero-order valence-corrected chi connectivity index (χ0v) is 14.7. The van der Waals surface area contributed by atoms with Crippen molar-refractivity contribution in [3.8, 4) is 11.5 Å². The molecule has 2 aromatic carbocycles. The maximum absolute atomic E-state index is 13.1. The molecule has 0 bridgehead atoms. The van der Waals surface area contributed by atoms with Crippen LogP contribution in [0.5, 0.6) is 11.5 Å². The van der Waals surface area contributed by atoms with E-state index in [0.29, 0.717) is 27.6 Å². The lowest BCUT2D eigenvalue weighted by atomic mass is 10.1. The Balaban J connectivity index is 1.51. The molecule has 1 aliphatic heterocycles. The molecular formula is C21H13ClFNO3. The molecule has 0 radical (unpaired) electrons. The minimum atomic E-state index is -0.401. The van der Waals surface area contributed by atoms with E-state index in [0.717, 1.165) is 5.56 Å². The number of hydrogen-bond acceptors (Lipinski definition) is 4. The molecule has 27 heavy (non-hydrogen) atoms. The summed E-state index contributed by atoms with van der Waals surface area (Å²) in [6.45, 7) is 0.172. The second-order valence-electron chi connectivity index (χ2n) is 5.90. The van der Waals surface area contributed by atoms with E-state index < -0.39 is 5.82 Å². The van der Waals surface area contributed by atoms with Gasteiger partial charge < -0.3 is 9.47 Å². The monoisotopic (exact) mass is 381 g/mol. The highest BCUT2D eigenvalue weighted by Crippen LogP contribution is 2.35. The van der Waals surface area contributed by atoms with Crippen molar-refractivity contribution in [3.05, 3.63) is 94.2 Å². The van der Waals surface area contributed by atoms with Crippen LogP contribution in [0.4, 0.5) is 4.39 Å². The van der Waals surface area contributed by atoms with E-state index in [1.807, 2.05) is 0 Å². The first-order chi connectivity index (χ1) is 13.1.